The van der Waals surface area contributed by atoms with Gasteiger partial charge < -0.3 is 10.1 Å². The lowest BCUT2D eigenvalue weighted by Gasteiger charge is -2.02. The molecule has 5 aromatic heterocycles. The Morgan fingerprint density at radius 2 is 1.74 bits per heavy atom. The maximum absolute atomic E-state index is 9.77. The third kappa shape index (κ3) is 2.91. The number of nitrogens with one attached hydrogen (secondary N) is 2. The van der Waals surface area contributed by atoms with Crippen LogP contribution in [0.2, 0.25) is 0 Å². The van der Waals surface area contributed by atoms with E-state index in [0.717, 1.165) is 50.1 Å². The van der Waals surface area contributed by atoms with Crippen molar-refractivity contribution in [3.63, 3.8) is 0 Å². The molecule has 0 fully saturated rings. The first kappa shape index (κ1) is 17.3. The summed E-state index contributed by atoms with van der Waals surface area (Å²) in [6.07, 6.45) is 6.63. The molecule has 0 radical (unpaired) electrons. The first-order valence-corrected chi connectivity index (χ1v) is 9.78. The molecule has 0 aliphatic carbocycles. The van der Waals surface area contributed by atoms with Gasteiger partial charge in [0.15, 0.2) is 5.65 Å². The molecule has 1 aromatic carbocycles. The summed E-state index contributed by atoms with van der Waals surface area (Å²) in [5.41, 5.74) is 7.02. The summed E-state index contributed by atoms with van der Waals surface area (Å²) in [5.74, 6) is 0.114. The normalized spacial score (nSPS) is 11.4. The summed E-state index contributed by atoms with van der Waals surface area (Å²) in [6.45, 7) is 0. The summed E-state index contributed by atoms with van der Waals surface area (Å²) in [6, 6.07) is 17.8. The number of pyridine rings is 3. The van der Waals surface area contributed by atoms with Crippen LogP contribution in [-0.4, -0.2) is 35.2 Å². The van der Waals surface area contributed by atoms with E-state index in [0.29, 0.717) is 5.65 Å². The molecule has 0 atom stereocenters. The molecule has 0 saturated heterocycles. The predicted molar refractivity (Wildman–Crippen MR) is 119 cm³/mol. The lowest BCUT2D eigenvalue weighted by molar-refractivity contribution is 0.473. The minimum atomic E-state index is 0.114. The van der Waals surface area contributed by atoms with Crippen molar-refractivity contribution < 1.29 is 5.11 Å². The van der Waals surface area contributed by atoms with Crippen LogP contribution in [0.4, 0.5) is 0 Å². The molecule has 0 saturated carbocycles. The summed E-state index contributed by atoms with van der Waals surface area (Å²) >= 11 is 0. The molecule has 6 aromatic rings. The minimum Gasteiger partial charge on any atom is -0.506 e. The Kier molecular flexibility index (Phi) is 3.79. The Morgan fingerprint density at radius 1 is 0.806 bits per heavy atom. The average molecular weight is 404 g/mol. The van der Waals surface area contributed by atoms with Crippen molar-refractivity contribution >= 4 is 21.9 Å². The second-order valence-corrected chi connectivity index (χ2v) is 7.29. The molecule has 0 amide bonds. The number of benzene rings is 1. The van der Waals surface area contributed by atoms with Crippen LogP contribution in [0.3, 0.4) is 0 Å². The molecule has 148 valence electrons. The van der Waals surface area contributed by atoms with Gasteiger partial charge in [0.1, 0.15) is 5.75 Å². The maximum Gasteiger partial charge on any atom is 0.181 e. The lowest BCUT2D eigenvalue weighted by atomic mass is 10.1. The Labute approximate surface area is 176 Å². The molecule has 6 rings (SSSR count). The van der Waals surface area contributed by atoms with Crippen LogP contribution in [0.1, 0.15) is 0 Å². The van der Waals surface area contributed by atoms with Crippen molar-refractivity contribution in [2.75, 3.05) is 0 Å². The summed E-state index contributed by atoms with van der Waals surface area (Å²) < 4.78 is 0. The van der Waals surface area contributed by atoms with Gasteiger partial charge in [-0.15, -0.1) is 0 Å². The van der Waals surface area contributed by atoms with Crippen LogP contribution >= 0.6 is 0 Å². The zero-order chi connectivity index (χ0) is 20.8. The van der Waals surface area contributed by atoms with Crippen molar-refractivity contribution in [1.29, 1.82) is 0 Å². The first-order valence-electron chi connectivity index (χ1n) is 9.78. The molecule has 7 nitrogen and oxygen atoms in total. The number of rotatable bonds is 3. The number of aromatic nitrogens is 6. The summed E-state index contributed by atoms with van der Waals surface area (Å²) in [7, 11) is 0. The van der Waals surface area contributed by atoms with Gasteiger partial charge in [0, 0.05) is 51.6 Å². The van der Waals surface area contributed by atoms with Crippen LogP contribution < -0.4 is 0 Å². The molecule has 7 heteroatoms. The van der Waals surface area contributed by atoms with E-state index in [1.165, 1.54) is 6.20 Å². The van der Waals surface area contributed by atoms with E-state index in [-0.39, 0.29) is 5.75 Å². The van der Waals surface area contributed by atoms with E-state index in [9.17, 15) is 5.11 Å². The van der Waals surface area contributed by atoms with Crippen molar-refractivity contribution in [1.82, 2.24) is 30.1 Å². The van der Waals surface area contributed by atoms with Gasteiger partial charge in [0.05, 0.1) is 23.3 Å². The highest BCUT2D eigenvalue weighted by atomic mass is 16.3. The molecular weight excluding hydrogens is 388 g/mol. The number of aromatic hydroxyl groups is 1. The van der Waals surface area contributed by atoms with Crippen molar-refractivity contribution in [2.45, 2.75) is 0 Å². The van der Waals surface area contributed by atoms with Crippen molar-refractivity contribution in [2.24, 2.45) is 0 Å². The number of fused-ring (bicyclic) bond motifs is 2. The highest BCUT2D eigenvalue weighted by Crippen LogP contribution is 2.34. The third-order valence-electron chi connectivity index (χ3n) is 5.34. The quantitative estimate of drug-likeness (QED) is 0.388. The number of H-pyrrole nitrogens is 2. The number of hydrogen-bond donors (Lipinski definition) is 3. The fourth-order valence-electron chi connectivity index (χ4n) is 3.88. The van der Waals surface area contributed by atoms with Gasteiger partial charge in [-0.3, -0.25) is 15.1 Å². The minimum absolute atomic E-state index is 0.114. The van der Waals surface area contributed by atoms with E-state index < -0.39 is 0 Å². The second kappa shape index (κ2) is 6.77. The number of nitrogens with zero attached hydrogens (tertiary/aromatic N) is 4. The molecule has 31 heavy (non-hydrogen) atoms. The molecule has 3 N–H and O–H groups in total. The highest BCUT2D eigenvalue weighted by Gasteiger charge is 2.15. The van der Waals surface area contributed by atoms with E-state index in [1.807, 2.05) is 36.4 Å². The number of aromatic amines is 2. The Balaban J connectivity index is 1.51. The van der Waals surface area contributed by atoms with Gasteiger partial charge in [0.25, 0.3) is 0 Å². The van der Waals surface area contributed by atoms with Gasteiger partial charge >= 0.3 is 0 Å². The van der Waals surface area contributed by atoms with Gasteiger partial charge in [-0.05, 0) is 36.4 Å². The van der Waals surface area contributed by atoms with E-state index >= 15 is 0 Å². The topological polar surface area (TPSA) is 103 Å². The van der Waals surface area contributed by atoms with E-state index in [2.05, 4.69) is 42.3 Å². The molecule has 0 aliphatic rings. The molecule has 0 spiro atoms. The van der Waals surface area contributed by atoms with Crippen LogP contribution in [0.5, 0.6) is 5.75 Å². The molecule has 0 unspecified atom stereocenters. The van der Waals surface area contributed by atoms with Crippen LogP contribution in [0, 0.1) is 0 Å². The van der Waals surface area contributed by atoms with Crippen molar-refractivity contribution in [3.8, 4) is 39.5 Å². The van der Waals surface area contributed by atoms with Gasteiger partial charge in [0.2, 0.25) is 0 Å². The van der Waals surface area contributed by atoms with Gasteiger partial charge in [-0.1, -0.05) is 18.2 Å². The van der Waals surface area contributed by atoms with Crippen LogP contribution in [0.15, 0.2) is 79.4 Å². The van der Waals surface area contributed by atoms with Crippen molar-refractivity contribution in [3.05, 3.63) is 79.4 Å². The van der Waals surface area contributed by atoms with E-state index in [1.54, 1.807) is 24.7 Å². The number of hydrogen-bond acceptors (Lipinski definition) is 5. The van der Waals surface area contributed by atoms with Gasteiger partial charge in [-0.25, -0.2) is 4.98 Å². The summed E-state index contributed by atoms with van der Waals surface area (Å²) in [5, 5.41) is 19.2. The first-order chi connectivity index (χ1) is 15.3. The fraction of sp³-hybridized carbons (Fsp3) is 0. The molecule has 0 aliphatic heterocycles. The monoisotopic (exact) mass is 404 g/mol. The smallest absolute Gasteiger partial charge is 0.181 e. The lowest BCUT2D eigenvalue weighted by Crippen LogP contribution is -1.84. The molecule has 5 heterocycles. The van der Waals surface area contributed by atoms with E-state index in [4.69, 9.17) is 0 Å². The Morgan fingerprint density at radius 3 is 2.61 bits per heavy atom. The zero-order valence-electron chi connectivity index (χ0n) is 16.2. The fourth-order valence-corrected chi connectivity index (χ4v) is 3.88. The van der Waals surface area contributed by atoms with Crippen LogP contribution in [0.25, 0.3) is 55.7 Å². The van der Waals surface area contributed by atoms with Gasteiger partial charge in [-0.2, -0.15) is 5.10 Å². The standard InChI is InChI=1S/C24H16N6O/c31-16-8-14(11-25-13-16)15-9-19-23(29-30-24(19)27-12-15)22-10-18-17(4-3-6-21(18)28-22)20-5-1-2-7-26-20/h1-13,28,31H,(H,27,29,30). The Bertz CT molecular complexity index is 1550. The molecule has 0 bridgehead atoms. The maximum atomic E-state index is 9.77. The predicted octanol–water partition coefficient (Wildman–Crippen LogP) is 4.94. The third-order valence-corrected chi connectivity index (χ3v) is 5.34. The van der Waals surface area contributed by atoms with Crippen LogP contribution in [-0.2, 0) is 0 Å². The highest BCUT2D eigenvalue weighted by molar-refractivity contribution is 6.00. The Hall–Kier alpha value is -4.52. The SMILES string of the molecule is Oc1cncc(-c2cnc3n[nH]c(-c4cc5c(-c6ccccn6)cccc5[nH]4)c3c2)c1. The second-order valence-electron chi connectivity index (χ2n) is 7.29. The zero-order valence-corrected chi connectivity index (χ0v) is 16.2. The average Bonchev–Trinajstić information content (AvgIpc) is 3.43. The largest absolute Gasteiger partial charge is 0.506 e. The molecular formula is C24H16N6O. The summed E-state index contributed by atoms with van der Waals surface area (Å²) in [4.78, 5) is 16.5.